The number of fused-ring (bicyclic) bond motifs is 1. The molecular weight excluding hydrogens is 494 g/mol. The van der Waals surface area contributed by atoms with Crippen LogP contribution >= 0.6 is 0 Å². The van der Waals surface area contributed by atoms with Crippen LogP contribution in [0.25, 0.3) is 22.0 Å². The van der Waals surface area contributed by atoms with Gasteiger partial charge in [0.2, 0.25) is 0 Å². The van der Waals surface area contributed by atoms with Gasteiger partial charge in [-0.25, -0.2) is 14.8 Å². The molecule has 0 unspecified atom stereocenters. The molecule has 0 aliphatic carbocycles. The number of hydrogen-bond acceptors (Lipinski definition) is 8. The minimum atomic E-state index is -0.499. The zero-order chi connectivity index (χ0) is 27.4. The second-order valence-electron chi connectivity index (χ2n) is 10.6. The standard InChI is InChI=1S/C29H31N7O3/c1-29(2,3)39-28(37)36-10-8-19(9-11-36)18-38-25-13-21-7-5-4-6-20(21)12-23(25)24-14-26(35-34-24)33-27-17-31-22(15-30)16-32-27/h4-7,12-14,16-17,19H,8-11,18H2,1-3H3,(H2,32,33,34,35). The Balaban J connectivity index is 1.29. The van der Waals surface area contributed by atoms with Crippen LogP contribution in [0, 0.1) is 17.2 Å². The minimum Gasteiger partial charge on any atom is -0.493 e. The van der Waals surface area contributed by atoms with Gasteiger partial charge in [0.15, 0.2) is 11.5 Å². The summed E-state index contributed by atoms with van der Waals surface area (Å²) in [6.45, 7) is 7.50. The first-order valence-electron chi connectivity index (χ1n) is 13.0. The van der Waals surface area contributed by atoms with Gasteiger partial charge in [-0.15, -0.1) is 0 Å². The van der Waals surface area contributed by atoms with Crippen LogP contribution in [-0.2, 0) is 4.74 Å². The maximum absolute atomic E-state index is 12.4. The van der Waals surface area contributed by atoms with Gasteiger partial charge in [0.1, 0.15) is 23.2 Å². The van der Waals surface area contributed by atoms with Crippen molar-refractivity contribution in [2.45, 2.75) is 39.2 Å². The van der Waals surface area contributed by atoms with E-state index in [1.165, 1.54) is 12.4 Å². The summed E-state index contributed by atoms with van der Waals surface area (Å²) in [7, 11) is 0. The summed E-state index contributed by atoms with van der Waals surface area (Å²) < 4.78 is 11.9. The van der Waals surface area contributed by atoms with Crippen LogP contribution in [0.5, 0.6) is 5.75 Å². The van der Waals surface area contributed by atoms with E-state index in [1.807, 2.05) is 45.0 Å². The van der Waals surface area contributed by atoms with Crippen molar-refractivity contribution in [3.8, 4) is 23.1 Å². The number of nitriles is 1. The average molecular weight is 526 g/mol. The summed E-state index contributed by atoms with van der Waals surface area (Å²) in [5, 5.41) is 21.7. The number of amides is 1. The zero-order valence-electron chi connectivity index (χ0n) is 22.3. The van der Waals surface area contributed by atoms with Gasteiger partial charge in [0.25, 0.3) is 0 Å². The summed E-state index contributed by atoms with van der Waals surface area (Å²) in [6, 6.07) is 16.1. The number of likely N-dealkylation sites (tertiary alicyclic amines) is 1. The molecule has 1 aliphatic rings. The van der Waals surface area contributed by atoms with Crippen LogP contribution < -0.4 is 10.1 Å². The number of piperidine rings is 1. The van der Waals surface area contributed by atoms with Gasteiger partial charge in [0, 0.05) is 24.7 Å². The van der Waals surface area contributed by atoms with Crippen molar-refractivity contribution in [1.29, 1.82) is 5.26 Å². The second kappa shape index (κ2) is 11.0. The molecule has 200 valence electrons. The monoisotopic (exact) mass is 525 g/mol. The summed E-state index contributed by atoms with van der Waals surface area (Å²) >= 11 is 0. The van der Waals surface area contributed by atoms with Crippen LogP contribution in [0.1, 0.15) is 39.3 Å². The first-order chi connectivity index (χ1) is 18.8. The number of aromatic nitrogens is 4. The summed E-state index contributed by atoms with van der Waals surface area (Å²) in [6.07, 6.45) is 4.35. The Bertz CT molecular complexity index is 1490. The molecule has 10 heteroatoms. The lowest BCUT2D eigenvalue weighted by Crippen LogP contribution is -2.42. The number of nitrogens with one attached hydrogen (secondary N) is 2. The summed E-state index contributed by atoms with van der Waals surface area (Å²) in [4.78, 5) is 22.4. The van der Waals surface area contributed by atoms with Crippen LogP contribution in [-0.4, -0.2) is 56.5 Å². The molecule has 1 aliphatic heterocycles. The number of hydrogen-bond donors (Lipinski definition) is 2. The Morgan fingerprint density at radius 3 is 2.51 bits per heavy atom. The lowest BCUT2D eigenvalue weighted by Gasteiger charge is -2.33. The highest BCUT2D eigenvalue weighted by atomic mass is 16.6. The molecule has 0 atom stereocenters. The molecular formula is C29H31N7O3. The number of anilines is 2. The molecule has 2 aromatic carbocycles. The molecule has 10 nitrogen and oxygen atoms in total. The predicted molar refractivity (Wildman–Crippen MR) is 148 cm³/mol. The van der Waals surface area contributed by atoms with Gasteiger partial charge in [-0.05, 0) is 62.4 Å². The topological polar surface area (TPSA) is 129 Å². The molecule has 4 aromatic rings. The maximum atomic E-state index is 12.4. The molecule has 1 amide bonds. The molecule has 2 N–H and O–H groups in total. The van der Waals surface area contributed by atoms with Gasteiger partial charge in [-0.3, -0.25) is 5.10 Å². The van der Waals surface area contributed by atoms with Crippen LogP contribution in [0.15, 0.2) is 54.9 Å². The van der Waals surface area contributed by atoms with Crippen molar-refractivity contribution >= 4 is 28.5 Å². The van der Waals surface area contributed by atoms with E-state index < -0.39 is 5.60 Å². The van der Waals surface area contributed by atoms with Crippen molar-refractivity contribution in [3.63, 3.8) is 0 Å². The number of ether oxygens (including phenoxy) is 2. The van der Waals surface area contributed by atoms with Gasteiger partial charge in [-0.1, -0.05) is 24.3 Å². The highest BCUT2D eigenvalue weighted by Crippen LogP contribution is 2.35. The smallest absolute Gasteiger partial charge is 0.410 e. The Hall–Kier alpha value is -4.65. The lowest BCUT2D eigenvalue weighted by atomic mass is 9.98. The van der Waals surface area contributed by atoms with Crippen molar-refractivity contribution in [3.05, 3.63) is 60.6 Å². The first-order valence-corrected chi connectivity index (χ1v) is 13.0. The van der Waals surface area contributed by atoms with E-state index in [2.05, 4.69) is 49.7 Å². The summed E-state index contributed by atoms with van der Waals surface area (Å²) in [5.41, 5.74) is 1.43. The Labute approximate surface area is 227 Å². The fourth-order valence-corrected chi connectivity index (χ4v) is 4.47. The normalized spacial score (nSPS) is 14.2. The molecule has 0 bridgehead atoms. The number of aromatic amines is 1. The Morgan fingerprint density at radius 1 is 1.10 bits per heavy atom. The molecule has 1 fully saturated rings. The Kier molecular flexibility index (Phi) is 7.32. The van der Waals surface area contributed by atoms with E-state index in [-0.39, 0.29) is 11.8 Å². The average Bonchev–Trinajstić information content (AvgIpc) is 3.39. The number of H-pyrrole nitrogens is 1. The molecule has 0 spiro atoms. The predicted octanol–water partition coefficient (Wildman–Crippen LogP) is 5.66. The third-order valence-corrected chi connectivity index (χ3v) is 6.48. The third kappa shape index (κ3) is 6.44. The Morgan fingerprint density at radius 2 is 1.85 bits per heavy atom. The molecule has 39 heavy (non-hydrogen) atoms. The fourth-order valence-electron chi connectivity index (χ4n) is 4.47. The second-order valence-corrected chi connectivity index (χ2v) is 10.6. The highest BCUT2D eigenvalue weighted by Gasteiger charge is 2.27. The van der Waals surface area contributed by atoms with Crippen LogP contribution in [0.3, 0.4) is 0 Å². The first kappa shape index (κ1) is 26.0. The largest absolute Gasteiger partial charge is 0.493 e. The molecule has 5 rings (SSSR count). The number of nitrogens with zero attached hydrogens (tertiary/aromatic N) is 5. The van der Waals surface area contributed by atoms with Crippen LogP contribution in [0.4, 0.5) is 16.4 Å². The van der Waals surface area contributed by atoms with Crippen molar-refractivity contribution < 1.29 is 14.3 Å². The molecule has 0 saturated carbocycles. The summed E-state index contributed by atoms with van der Waals surface area (Å²) in [5.74, 6) is 2.14. The number of carbonyl (C=O) groups excluding carboxylic acids is 1. The van der Waals surface area contributed by atoms with Gasteiger partial charge in [0.05, 0.1) is 24.7 Å². The number of carbonyl (C=O) groups is 1. The fraction of sp³-hybridized carbons (Fsp3) is 0.345. The van der Waals surface area contributed by atoms with E-state index in [0.717, 1.165) is 40.6 Å². The van der Waals surface area contributed by atoms with Crippen molar-refractivity contribution in [2.75, 3.05) is 25.0 Å². The zero-order valence-corrected chi connectivity index (χ0v) is 22.3. The van der Waals surface area contributed by atoms with Gasteiger partial charge >= 0.3 is 6.09 Å². The molecule has 0 radical (unpaired) electrons. The molecule has 1 saturated heterocycles. The molecule has 3 heterocycles. The van der Waals surface area contributed by atoms with Crippen LogP contribution in [0.2, 0.25) is 0 Å². The van der Waals surface area contributed by atoms with E-state index in [9.17, 15) is 4.79 Å². The van der Waals surface area contributed by atoms with Gasteiger partial charge in [-0.2, -0.15) is 10.4 Å². The van der Waals surface area contributed by atoms with E-state index in [0.29, 0.717) is 37.3 Å². The van der Waals surface area contributed by atoms with E-state index in [1.54, 1.807) is 4.90 Å². The van der Waals surface area contributed by atoms with Crippen molar-refractivity contribution in [2.24, 2.45) is 5.92 Å². The lowest BCUT2D eigenvalue weighted by molar-refractivity contribution is 0.0165. The SMILES string of the molecule is CC(C)(C)OC(=O)N1CCC(COc2cc3ccccc3cc2-c2cc(Nc3cnc(C#N)cn3)n[nH]2)CC1. The highest BCUT2D eigenvalue weighted by molar-refractivity contribution is 5.90. The van der Waals surface area contributed by atoms with E-state index in [4.69, 9.17) is 14.7 Å². The molecule has 2 aromatic heterocycles. The number of benzene rings is 2. The third-order valence-electron chi connectivity index (χ3n) is 6.48. The van der Waals surface area contributed by atoms with Crippen molar-refractivity contribution in [1.82, 2.24) is 25.1 Å². The maximum Gasteiger partial charge on any atom is 0.410 e. The van der Waals surface area contributed by atoms with Gasteiger partial charge < -0.3 is 19.7 Å². The minimum absolute atomic E-state index is 0.247. The quantitative estimate of drug-likeness (QED) is 0.330. The van der Waals surface area contributed by atoms with E-state index >= 15 is 0 Å². The number of rotatable bonds is 6.